The van der Waals surface area contributed by atoms with E-state index in [4.69, 9.17) is 25.2 Å². The van der Waals surface area contributed by atoms with Crippen molar-refractivity contribution in [3.8, 4) is 11.5 Å². The second kappa shape index (κ2) is 8.79. The first-order valence-electron chi connectivity index (χ1n) is 8.95. The molecule has 2 unspecified atom stereocenters. The lowest BCUT2D eigenvalue weighted by molar-refractivity contribution is -0.133. The van der Waals surface area contributed by atoms with Gasteiger partial charge in [0, 0.05) is 12.0 Å². The molecule has 1 fully saturated rings. The summed E-state index contributed by atoms with van der Waals surface area (Å²) in [5.41, 5.74) is 1.14. The number of phenolic OH excluding ortho intramolecular Hbond substituents is 2. The van der Waals surface area contributed by atoms with Crippen LogP contribution in [0, 0.1) is 0 Å². The number of epoxide rings is 1. The third kappa shape index (κ3) is 6.08. The fourth-order valence-electron chi connectivity index (χ4n) is 2.98. The van der Waals surface area contributed by atoms with Gasteiger partial charge in [-0.3, -0.25) is 0 Å². The maximum atomic E-state index is 10.7. The lowest BCUT2D eigenvalue weighted by Gasteiger charge is -2.09. The van der Waals surface area contributed by atoms with Crippen LogP contribution in [0.4, 0.5) is 0 Å². The first-order valence-corrected chi connectivity index (χ1v) is 8.95. The number of phenols is 2. The summed E-state index contributed by atoms with van der Waals surface area (Å²) in [6.45, 7) is 6.37. The Kier molecular flexibility index (Phi) is 6.66. The van der Waals surface area contributed by atoms with Crippen molar-refractivity contribution in [1.29, 1.82) is 0 Å². The molecule has 2 aromatic rings. The molecule has 0 bridgehead atoms. The molecule has 1 aliphatic rings. The van der Waals surface area contributed by atoms with Crippen molar-refractivity contribution < 1.29 is 34.8 Å². The van der Waals surface area contributed by atoms with E-state index in [1.807, 2.05) is 12.1 Å². The smallest absolute Gasteiger partial charge is 0.336 e. The molecule has 0 aromatic heterocycles. The molecule has 2 aromatic carbocycles. The fourth-order valence-corrected chi connectivity index (χ4v) is 2.98. The van der Waals surface area contributed by atoms with E-state index >= 15 is 0 Å². The predicted octanol–water partition coefficient (Wildman–Crippen LogP) is 3.62. The van der Waals surface area contributed by atoms with Gasteiger partial charge in [-0.1, -0.05) is 31.2 Å². The number of aliphatic carboxylic acids is 2. The zero-order chi connectivity index (χ0) is 21.8. The van der Waals surface area contributed by atoms with Gasteiger partial charge in [-0.15, -0.1) is 0 Å². The summed E-state index contributed by atoms with van der Waals surface area (Å²) in [6.07, 6.45) is 0.918. The van der Waals surface area contributed by atoms with Crippen molar-refractivity contribution in [3.05, 3.63) is 65.7 Å². The standard InChI is InChI=1S/C12H16O2.C10H8O5/c1-8(11-12(2,3)14-11)9-4-6-10(13)7-5-9;11-7-3-1-6(2-4-7)8(10(14)15)5-9(12)13/h4-8,11,13H,1-3H3;1-5,11H,(H,12,13)(H,14,15)/b;8-5+. The van der Waals surface area contributed by atoms with Gasteiger partial charge in [0.15, 0.2) is 0 Å². The average molecular weight is 400 g/mol. The van der Waals surface area contributed by atoms with Crippen LogP contribution in [0.3, 0.4) is 0 Å². The molecule has 7 nitrogen and oxygen atoms in total. The SMILES string of the molecule is CC(c1ccc(O)cc1)C1OC1(C)C.O=C(O)/C=C(/C(=O)O)c1ccc(O)cc1. The molecule has 1 aliphatic heterocycles. The number of carboxylic acids is 2. The normalized spacial score (nSPS) is 18.2. The number of hydrogen-bond acceptors (Lipinski definition) is 5. The number of carboxylic acid groups (broad SMARTS) is 2. The van der Waals surface area contributed by atoms with Gasteiger partial charge >= 0.3 is 11.9 Å². The minimum atomic E-state index is -1.33. The number of ether oxygens (including phenoxy) is 1. The topological polar surface area (TPSA) is 128 Å². The molecule has 2 atom stereocenters. The first-order chi connectivity index (χ1) is 13.5. The maximum absolute atomic E-state index is 10.7. The Morgan fingerprint density at radius 2 is 1.41 bits per heavy atom. The molecular formula is C22H24O7. The summed E-state index contributed by atoms with van der Waals surface area (Å²) in [7, 11) is 0. The zero-order valence-corrected chi connectivity index (χ0v) is 16.4. The van der Waals surface area contributed by atoms with Crippen molar-refractivity contribution in [2.24, 2.45) is 0 Å². The fraction of sp³-hybridized carbons (Fsp3) is 0.273. The number of benzene rings is 2. The van der Waals surface area contributed by atoms with Gasteiger partial charge in [0.25, 0.3) is 0 Å². The van der Waals surface area contributed by atoms with Crippen molar-refractivity contribution in [2.45, 2.75) is 38.4 Å². The number of aromatic hydroxyl groups is 2. The van der Waals surface area contributed by atoms with Gasteiger partial charge < -0.3 is 25.2 Å². The van der Waals surface area contributed by atoms with Crippen LogP contribution >= 0.6 is 0 Å². The van der Waals surface area contributed by atoms with Crippen LogP contribution in [0.15, 0.2) is 54.6 Å². The predicted molar refractivity (Wildman–Crippen MR) is 107 cm³/mol. The summed E-state index contributed by atoms with van der Waals surface area (Å²) < 4.78 is 5.59. The van der Waals surface area contributed by atoms with E-state index < -0.39 is 11.9 Å². The highest BCUT2D eigenvalue weighted by Crippen LogP contribution is 2.44. The van der Waals surface area contributed by atoms with E-state index in [9.17, 15) is 9.59 Å². The molecule has 1 saturated heterocycles. The minimum absolute atomic E-state index is 0.0150. The Hall–Kier alpha value is -3.32. The summed E-state index contributed by atoms with van der Waals surface area (Å²) in [5, 5.41) is 35.4. The van der Waals surface area contributed by atoms with Crippen molar-refractivity contribution in [1.82, 2.24) is 0 Å². The summed E-state index contributed by atoms with van der Waals surface area (Å²) in [5.74, 6) is -1.97. The second-order valence-corrected chi connectivity index (χ2v) is 7.27. The van der Waals surface area contributed by atoms with Crippen molar-refractivity contribution in [2.75, 3.05) is 0 Å². The minimum Gasteiger partial charge on any atom is -0.508 e. The molecule has 29 heavy (non-hydrogen) atoms. The van der Waals surface area contributed by atoms with Crippen LogP contribution in [-0.2, 0) is 14.3 Å². The lowest BCUT2D eigenvalue weighted by atomic mass is 9.92. The molecule has 3 rings (SSSR count). The van der Waals surface area contributed by atoms with Crippen LogP contribution in [0.25, 0.3) is 5.57 Å². The molecule has 4 N–H and O–H groups in total. The van der Waals surface area contributed by atoms with Gasteiger partial charge in [0.1, 0.15) is 11.5 Å². The summed E-state index contributed by atoms with van der Waals surface area (Å²) >= 11 is 0. The first kappa shape index (κ1) is 22.0. The van der Waals surface area contributed by atoms with Crippen LogP contribution in [0.2, 0.25) is 0 Å². The Bertz CT molecular complexity index is 896. The van der Waals surface area contributed by atoms with Crippen LogP contribution < -0.4 is 0 Å². The molecule has 1 heterocycles. The zero-order valence-electron chi connectivity index (χ0n) is 16.4. The molecular weight excluding hydrogens is 376 g/mol. The summed E-state index contributed by atoms with van der Waals surface area (Å²) in [6, 6.07) is 12.6. The van der Waals surface area contributed by atoms with E-state index in [1.54, 1.807) is 12.1 Å². The summed E-state index contributed by atoms with van der Waals surface area (Å²) in [4.78, 5) is 21.1. The monoisotopic (exact) mass is 400 g/mol. The highest BCUT2D eigenvalue weighted by Gasteiger charge is 2.51. The number of rotatable bonds is 5. The average Bonchev–Trinajstić information content (AvgIpc) is 3.29. The van der Waals surface area contributed by atoms with Crippen molar-refractivity contribution in [3.63, 3.8) is 0 Å². The number of hydrogen-bond donors (Lipinski definition) is 4. The van der Waals surface area contributed by atoms with E-state index in [0.29, 0.717) is 23.8 Å². The van der Waals surface area contributed by atoms with Gasteiger partial charge in [-0.05, 0) is 49.2 Å². The lowest BCUT2D eigenvalue weighted by Crippen LogP contribution is -2.10. The molecule has 0 radical (unpaired) electrons. The Balaban J connectivity index is 0.000000207. The van der Waals surface area contributed by atoms with E-state index in [0.717, 1.165) is 0 Å². The van der Waals surface area contributed by atoms with Gasteiger partial charge in [0.2, 0.25) is 0 Å². The highest BCUT2D eigenvalue weighted by atomic mass is 16.6. The second-order valence-electron chi connectivity index (χ2n) is 7.27. The molecule has 154 valence electrons. The Morgan fingerprint density at radius 3 is 1.79 bits per heavy atom. The van der Waals surface area contributed by atoms with Gasteiger partial charge in [0.05, 0.1) is 17.3 Å². The Morgan fingerprint density at radius 1 is 0.966 bits per heavy atom. The van der Waals surface area contributed by atoms with Gasteiger partial charge in [-0.2, -0.15) is 0 Å². The van der Waals surface area contributed by atoms with E-state index in [-0.39, 0.29) is 22.5 Å². The Labute approximate surface area is 168 Å². The molecule has 0 aliphatic carbocycles. The van der Waals surface area contributed by atoms with Crippen LogP contribution in [0.1, 0.15) is 37.8 Å². The molecule has 0 amide bonds. The number of carbonyl (C=O) groups is 2. The van der Waals surface area contributed by atoms with E-state index in [2.05, 4.69) is 20.8 Å². The molecule has 0 spiro atoms. The third-order valence-corrected chi connectivity index (χ3v) is 4.61. The van der Waals surface area contributed by atoms with Crippen LogP contribution in [-0.4, -0.2) is 44.1 Å². The van der Waals surface area contributed by atoms with Crippen LogP contribution in [0.5, 0.6) is 11.5 Å². The molecule has 7 heteroatoms. The van der Waals surface area contributed by atoms with Crippen molar-refractivity contribution >= 4 is 17.5 Å². The largest absolute Gasteiger partial charge is 0.508 e. The maximum Gasteiger partial charge on any atom is 0.336 e. The third-order valence-electron chi connectivity index (χ3n) is 4.61. The van der Waals surface area contributed by atoms with E-state index in [1.165, 1.54) is 29.8 Å². The molecule has 0 saturated carbocycles. The quantitative estimate of drug-likeness (QED) is 0.446. The highest BCUT2D eigenvalue weighted by molar-refractivity contribution is 6.19. The van der Waals surface area contributed by atoms with Gasteiger partial charge in [-0.25, -0.2) is 9.59 Å².